The van der Waals surface area contributed by atoms with Crippen LogP contribution in [-0.4, -0.2) is 54.6 Å². The van der Waals surface area contributed by atoms with Crippen molar-refractivity contribution in [3.8, 4) is 0 Å². The van der Waals surface area contributed by atoms with E-state index >= 15 is 0 Å². The maximum absolute atomic E-state index is 13.0. The van der Waals surface area contributed by atoms with Crippen molar-refractivity contribution in [2.45, 2.75) is 52.1 Å². The number of aryl methyl sites for hydroxylation is 1. The third-order valence-corrected chi connectivity index (χ3v) is 5.74. The average Bonchev–Trinajstić information content (AvgIpc) is 2.67. The summed E-state index contributed by atoms with van der Waals surface area (Å²) >= 11 is 0. The highest BCUT2D eigenvalue weighted by Crippen LogP contribution is 2.32. The Morgan fingerprint density at radius 1 is 1.32 bits per heavy atom. The molecule has 152 valence electrons. The minimum absolute atomic E-state index is 0.195. The first-order valence-corrected chi connectivity index (χ1v) is 10.2. The fourth-order valence-electron chi connectivity index (χ4n) is 4.08. The number of likely N-dealkylation sites (tertiary alicyclic amines) is 1. The van der Waals surface area contributed by atoms with Gasteiger partial charge in [0.05, 0.1) is 18.2 Å². The summed E-state index contributed by atoms with van der Waals surface area (Å²) in [7, 11) is 1.73. The van der Waals surface area contributed by atoms with E-state index in [1.165, 1.54) is 6.42 Å². The van der Waals surface area contributed by atoms with E-state index in [1.54, 1.807) is 18.9 Å². The largest absolute Gasteiger partial charge is 0.463 e. The standard InChI is InChI=1S/C22H31N3O3/c1-5-28-21(26)19-18(14-25-12-7-6-10-16(25)3)24(4)22(27)23-20(19)17-11-8-9-15(2)13-17/h8-9,11,13,16,20H,5-7,10,12,14H2,1-4H3,(H,23,27)/t16-,20-/m0/s1. The van der Waals surface area contributed by atoms with Crippen molar-refractivity contribution in [2.75, 3.05) is 26.7 Å². The monoisotopic (exact) mass is 385 g/mol. The van der Waals surface area contributed by atoms with Gasteiger partial charge in [0.1, 0.15) is 0 Å². The zero-order valence-corrected chi connectivity index (χ0v) is 17.3. The van der Waals surface area contributed by atoms with Gasteiger partial charge >= 0.3 is 12.0 Å². The van der Waals surface area contributed by atoms with Crippen LogP contribution in [0.1, 0.15) is 50.3 Å². The van der Waals surface area contributed by atoms with Gasteiger partial charge in [-0.05, 0) is 45.7 Å². The lowest BCUT2D eigenvalue weighted by Gasteiger charge is -2.39. The van der Waals surface area contributed by atoms with Crippen LogP contribution in [-0.2, 0) is 9.53 Å². The second-order valence-electron chi connectivity index (χ2n) is 7.75. The molecule has 2 heterocycles. The normalized spacial score (nSPS) is 23.6. The van der Waals surface area contributed by atoms with Gasteiger partial charge in [-0.25, -0.2) is 9.59 Å². The van der Waals surface area contributed by atoms with E-state index < -0.39 is 6.04 Å². The molecule has 0 spiro atoms. The lowest BCUT2D eigenvalue weighted by atomic mass is 9.93. The molecule has 0 saturated carbocycles. The highest BCUT2D eigenvalue weighted by molar-refractivity contribution is 5.95. The molecule has 1 saturated heterocycles. The quantitative estimate of drug-likeness (QED) is 0.790. The Balaban J connectivity index is 2.06. The van der Waals surface area contributed by atoms with Crippen molar-refractivity contribution < 1.29 is 14.3 Å². The third-order valence-electron chi connectivity index (χ3n) is 5.74. The number of esters is 1. The van der Waals surface area contributed by atoms with Crippen LogP contribution in [0.25, 0.3) is 0 Å². The van der Waals surface area contributed by atoms with Gasteiger partial charge in [0, 0.05) is 25.3 Å². The minimum atomic E-state index is -0.502. The number of benzene rings is 1. The fourth-order valence-corrected chi connectivity index (χ4v) is 4.08. The number of urea groups is 1. The van der Waals surface area contributed by atoms with Crippen LogP contribution in [0.3, 0.4) is 0 Å². The predicted molar refractivity (Wildman–Crippen MR) is 109 cm³/mol. The first-order chi connectivity index (χ1) is 13.4. The molecule has 0 unspecified atom stereocenters. The van der Waals surface area contributed by atoms with Crippen LogP contribution in [0.2, 0.25) is 0 Å². The van der Waals surface area contributed by atoms with E-state index in [0.717, 1.165) is 36.2 Å². The first kappa shape index (κ1) is 20.4. The maximum atomic E-state index is 13.0. The lowest BCUT2D eigenvalue weighted by Crippen LogP contribution is -2.50. The maximum Gasteiger partial charge on any atom is 0.338 e. The zero-order chi connectivity index (χ0) is 20.3. The van der Waals surface area contributed by atoms with Crippen LogP contribution < -0.4 is 5.32 Å². The Bertz CT molecular complexity index is 774. The molecule has 1 aromatic carbocycles. The Kier molecular flexibility index (Phi) is 6.39. The molecule has 0 bridgehead atoms. The zero-order valence-electron chi connectivity index (χ0n) is 17.3. The van der Waals surface area contributed by atoms with Gasteiger partial charge in [-0.1, -0.05) is 36.2 Å². The molecule has 2 amide bonds. The predicted octanol–water partition coefficient (Wildman–Crippen LogP) is 3.38. The summed E-state index contributed by atoms with van der Waals surface area (Å²) in [6.45, 7) is 7.87. The van der Waals surface area contributed by atoms with E-state index in [4.69, 9.17) is 4.74 Å². The van der Waals surface area contributed by atoms with Gasteiger partial charge < -0.3 is 10.1 Å². The Labute approximate surface area is 167 Å². The molecule has 0 radical (unpaired) electrons. The molecule has 0 aromatic heterocycles. The van der Waals surface area contributed by atoms with Crippen LogP contribution in [0.15, 0.2) is 35.5 Å². The van der Waals surface area contributed by atoms with E-state index in [2.05, 4.69) is 17.1 Å². The van der Waals surface area contributed by atoms with Gasteiger partial charge in [-0.3, -0.25) is 9.80 Å². The van der Waals surface area contributed by atoms with Crippen LogP contribution >= 0.6 is 0 Å². The van der Waals surface area contributed by atoms with Gasteiger partial charge in [-0.15, -0.1) is 0 Å². The van der Waals surface area contributed by atoms with Gasteiger partial charge in [0.15, 0.2) is 0 Å². The molecule has 2 atom stereocenters. The summed E-state index contributed by atoms with van der Waals surface area (Å²) in [6, 6.07) is 7.65. The van der Waals surface area contributed by atoms with Crippen molar-refractivity contribution in [2.24, 2.45) is 0 Å². The lowest BCUT2D eigenvalue weighted by molar-refractivity contribution is -0.139. The molecule has 2 aliphatic rings. The molecule has 1 fully saturated rings. The van der Waals surface area contributed by atoms with Gasteiger partial charge in [-0.2, -0.15) is 0 Å². The second kappa shape index (κ2) is 8.78. The smallest absolute Gasteiger partial charge is 0.338 e. The van der Waals surface area contributed by atoms with Crippen LogP contribution in [0, 0.1) is 6.92 Å². The second-order valence-corrected chi connectivity index (χ2v) is 7.75. The summed E-state index contributed by atoms with van der Waals surface area (Å²) in [6.07, 6.45) is 3.51. The summed E-state index contributed by atoms with van der Waals surface area (Å²) in [5.74, 6) is -0.361. The van der Waals surface area contributed by atoms with Crippen molar-refractivity contribution in [1.82, 2.24) is 15.1 Å². The number of nitrogens with one attached hydrogen (secondary N) is 1. The Morgan fingerprint density at radius 2 is 2.11 bits per heavy atom. The number of rotatable bonds is 5. The number of ether oxygens (including phenoxy) is 1. The third kappa shape index (κ3) is 4.22. The SMILES string of the molecule is CCOC(=O)C1=C(CN2CCCC[C@@H]2C)N(C)C(=O)N[C@H]1c1cccc(C)c1. The number of likely N-dealkylation sites (N-methyl/N-ethyl adjacent to an activating group) is 1. The Hall–Kier alpha value is -2.34. The van der Waals surface area contributed by atoms with Crippen LogP contribution in [0.4, 0.5) is 4.79 Å². The van der Waals surface area contributed by atoms with E-state index in [-0.39, 0.29) is 12.0 Å². The van der Waals surface area contributed by atoms with Gasteiger partial charge in [0.2, 0.25) is 0 Å². The molecule has 1 aromatic rings. The Morgan fingerprint density at radius 3 is 2.79 bits per heavy atom. The molecule has 6 nitrogen and oxygen atoms in total. The first-order valence-electron chi connectivity index (χ1n) is 10.2. The molecular weight excluding hydrogens is 354 g/mol. The van der Waals surface area contributed by atoms with E-state index in [9.17, 15) is 9.59 Å². The summed E-state index contributed by atoms with van der Waals surface area (Å²) in [4.78, 5) is 29.6. The summed E-state index contributed by atoms with van der Waals surface area (Å²) < 4.78 is 5.40. The van der Waals surface area contributed by atoms with Crippen LogP contribution in [0.5, 0.6) is 0 Å². The number of nitrogens with zero attached hydrogens (tertiary/aromatic N) is 2. The molecule has 2 aliphatic heterocycles. The highest BCUT2D eigenvalue weighted by Gasteiger charge is 2.37. The van der Waals surface area contributed by atoms with E-state index in [0.29, 0.717) is 24.8 Å². The van der Waals surface area contributed by atoms with Crippen molar-refractivity contribution >= 4 is 12.0 Å². The van der Waals surface area contributed by atoms with Crippen molar-refractivity contribution in [3.63, 3.8) is 0 Å². The number of hydrogen-bond donors (Lipinski definition) is 1. The molecule has 0 aliphatic carbocycles. The number of amides is 2. The number of carbonyl (C=O) groups excluding carboxylic acids is 2. The number of hydrogen-bond acceptors (Lipinski definition) is 4. The number of piperidine rings is 1. The summed E-state index contributed by atoms with van der Waals surface area (Å²) in [5.41, 5.74) is 3.25. The summed E-state index contributed by atoms with van der Waals surface area (Å²) in [5, 5.41) is 2.99. The molecule has 1 N–H and O–H groups in total. The molecule has 3 rings (SSSR count). The van der Waals surface area contributed by atoms with E-state index in [1.807, 2.05) is 31.2 Å². The number of carbonyl (C=O) groups is 2. The molecule has 28 heavy (non-hydrogen) atoms. The average molecular weight is 386 g/mol. The van der Waals surface area contributed by atoms with Gasteiger partial charge in [0.25, 0.3) is 0 Å². The fraction of sp³-hybridized carbons (Fsp3) is 0.545. The minimum Gasteiger partial charge on any atom is -0.463 e. The highest BCUT2D eigenvalue weighted by atomic mass is 16.5. The molecule has 6 heteroatoms. The van der Waals surface area contributed by atoms with Crippen molar-refractivity contribution in [1.29, 1.82) is 0 Å². The molecular formula is C22H31N3O3. The van der Waals surface area contributed by atoms with Crippen molar-refractivity contribution in [3.05, 3.63) is 46.7 Å². The topological polar surface area (TPSA) is 61.9 Å².